The van der Waals surface area contributed by atoms with Crippen LogP contribution in [0.4, 0.5) is 5.69 Å². The lowest BCUT2D eigenvalue weighted by Gasteiger charge is -2.13. The van der Waals surface area contributed by atoms with Gasteiger partial charge in [0.05, 0.1) is 0 Å². The summed E-state index contributed by atoms with van der Waals surface area (Å²) in [5.41, 5.74) is 2.88. The summed E-state index contributed by atoms with van der Waals surface area (Å²) in [4.78, 5) is 29.7. The molecule has 2 rings (SSSR count). The van der Waals surface area contributed by atoms with Crippen molar-refractivity contribution in [2.45, 2.75) is 0 Å². The van der Waals surface area contributed by atoms with E-state index in [2.05, 4.69) is 11.6 Å². The molecule has 0 aliphatic heterocycles. The summed E-state index contributed by atoms with van der Waals surface area (Å²) in [6.07, 6.45) is 4.12. The molecule has 0 atom stereocenters. The molecule has 0 aliphatic carbocycles. The smallest absolute Gasteiger partial charge is 0.233 e. The largest absolute Gasteiger partial charge is 0.378 e. The summed E-state index contributed by atoms with van der Waals surface area (Å²) < 4.78 is 0. The first-order valence-corrected chi connectivity index (χ1v) is 6.47. The van der Waals surface area contributed by atoms with Crippen molar-refractivity contribution in [3.63, 3.8) is 0 Å². The number of ketones is 2. The summed E-state index contributed by atoms with van der Waals surface area (Å²) in [6, 6.07) is 9.26. The summed E-state index contributed by atoms with van der Waals surface area (Å²) in [5.74, 6) is -1.19. The topological polar surface area (TPSA) is 50.3 Å². The minimum atomic E-state index is -0.618. The Labute approximate surface area is 123 Å². The average molecular weight is 280 g/mol. The van der Waals surface area contributed by atoms with Gasteiger partial charge in [0.25, 0.3) is 0 Å². The number of anilines is 1. The molecule has 0 bridgehead atoms. The maximum atomic E-state index is 12.1. The molecule has 0 saturated carbocycles. The third kappa shape index (κ3) is 3.05. The van der Waals surface area contributed by atoms with E-state index < -0.39 is 11.6 Å². The third-order valence-electron chi connectivity index (χ3n) is 3.17. The van der Waals surface area contributed by atoms with Crippen molar-refractivity contribution in [2.75, 3.05) is 19.0 Å². The molecule has 0 unspecified atom stereocenters. The standard InChI is InChI=1S/C17H16N2O2/c1-4-16(20)17(21)14-9-10-18-11-15(14)12-5-7-13(8-6-12)19(2)3/h4-11H,1H2,2-3H3. The molecule has 1 aromatic heterocycles. The van der Waals surface area contributed by atoms with E-state index in [0.717, 1.165) is 17.3 Å². The Morgan fingerprint density at radius 3 is 2.38 bits per heavy atom. The fourth-order valence-corrected chi connectivity index (χ4v) is 1.99. The molecular weight excluding hydrogens is 264 g/mol. The fraction of sp³-hybridized carbons (Fsp3) is 0.118. The number of nitrogens with zero attached hydrogens (tertiary/aromatic N) is 2. The summed E-state index contributed by atoms with van der Waals surface area (Å²) >= 11 is 0. The normalized spacial score (nSPS) is 10.0. The molecule has 0 saturated heterocycles. The zero-order chi connectivity index (χ0) is 15.4. The Kier molecular flexibility index (Phi) is 4.28. The van der Waals surface area contributed by atoms with Crippen LogP contribution in [0.1, 0.15) is 10.4 Å². The number of hydrogen-bond acceptors (Lipinski definition) is 4. The van der Waals surface area contributed by atoms with E-state index in [9.17, 15) is 9.59 Å². The van der Waals surface area contributed by atoms with Crippen LogP contribution in [0, 0.1) is 0 Å². The van der Waals surface area contributed by atoms with Gasteiger partial charge in [0.15, 0.2) is 0 Å². The van der Waals surface area contributed by atoms with Crippen molar-refractivity contribution in [3.8, 4) is 11.1 Å². The molecule has 0 N–H and O–H groups in total. The second-order valence-corrected chi connectivity index (χ2v) is 4.76. The zero-order valence-electron chi connectivity index (χ0n) is 12.0. The summed E-state index contributed by atoms with van der Waals surface area (Å²) in [6.45, 7) is 3.35. The molecule has 2 aromatic rings. The molecule has 0 radical (unpaired) electrons. The van der Waals surface area contributed by atoms with Gasteiger partial charge in [-0.15, -0.1) is 0 Å². The third-order valence-corrected chi connectivity index (χ3v) is 3.17. The molecule has 4 nitrogen and oxygen atoms in total. The van der Waals surface area contributed by atoms with E-state index in [1.165, 1.54) is 6.20 Å². The van der Waals surface area contributed by atoms with Crippen LogP contribution in [-0.2, 0) is 4.79 Å². The minimum absolute atomic E-state index is 0.340. The molecule has 0 spiro atoms. The first-order chi connectivity index (χ1) is 10.0. The molecule has 21 heavy (non-hydrogen) atoms. The van der Waals surface area contributed by atoms with Crippen LogP contribution >= 0.6 is 0 Å². The van der Waals surface area contributed by atoms with Crippen LogP contribution in [0.3, 0.4) is 0 Å². The molecule has 0 fully saturated rings. The number of carbonyl (C=O) groups excluding carboxylic acids is 2. The van der Waals surface area contributed by atoms with Gasteiger partial charge in [-0.3, -0.25) is 14.6 Å². The van der Waals surface area contributed by atoms with Crippen LogP contribution in [0.2, 0.25) is 0 Å². The van der Waals surface area contributed by atoms with Crippen molar-refractivity contribution >= 4 is 17.3 Å². The van der Waals surface area contributed by atoms with E-state index in [1.807, 2.05) is 43.3 Å². The van der Waals surface area contributed by atoms with E-state index in [1.54, 1.807) is 12.3 Å². The van der Waals surface area contributed by atoms with Gasteiger partial charge in [0.2, 0.25) is 11.6 Å². The number of allylic oxidation sites excluding steroid dienone is 1. The minimum Gasteiger partial charge on any atom is -0.378 e. The van der Waals surface area contributed by atoms with Crippen molar-refractivity contribution < 1.29 is 9.59 Å². The van der Waals surface area contributed by atoms with Gasteiger partial charge < -0.3 is 4.90 Å². The molecule has 0 amide bonds. The summed E-state index contributed by atoms with van der Waals surface area (Å²) in [7, 11) is 3.91. The number of Topliss-reactive ketones (excluding diaryl/α,β-unsaturated/α-hetero) is 1. The maximum Gasteiger partial charge on any atom is 0.233 e. The van der Waals surface area contributed by atoms with Crippen LogP contribution in [0.5, 0.6) is 0 Å². The zero-order valence-corrected chi connectivity index (χ0v) is 12.0. The van der Waals surface area contributed by atoms with E-state index in [-0.39, 0.29) is 0 Å². The van der Waals surface area contributed by atoms with Crippen LogP contribution in [-0.4, -0.2) is 30.6 Å². The van der Waals surface area contributed by atoms with E-state index in [4.69, 9.17) is 0 Å². The second-order valence-electron chi connectivity index (χ2n) is 4.76. The maximum absolute atomic E-state index is 12.1. The van der Waals surface area contributed by atoms with Crippen LogP contribution in [0.25, 0.3) is 11.1 Å². The number of pyridine rings is 1. The first-order valence-electron chi connectivity index (χ1n) is 6.47. The van der Waals surface area contributed by atoms with Gasteiger partial charge in [-0.25, -0.2) is 0 Å². The van der Waals surface area contributed by atoms with Gasteiger partial charge >= 0.3 is 0 Å². The fourth-order valence-electron chi connectivity index (χ4n) is 1.99. The Bertz CT molecular complexity index is 688. The highest BCUT2D eigenvalue weighted by atomic mass is 16.2. The molecule has 1 heterocycles. The van der Waals surface area contributed by atoms with E-state index >= 15 is 0 Å². The lowest BCUT2D eigenvalue weighted by molar-refractivity contribution is -0.110. The highest BCUT2D eigenvalue weighted by molar-refractivity contribution is 6.48. The van der Waals surface area contributed by atoms with Gasteiger partial charge in [-0.1, -0.05) is 18.7 Å². The van der Waals surface area contributed by atoms with E-state index in [0.29, 0.717) is 11.1 Å². The number of aromatic nitrogens is 1. The van der Waals surface area contributed by atoms with Crippen molar-refractivity contribution in [1.29, 1.82) is 0 Å². The SMILES string of the molecule is C=CC(=O)C(=O)c1ccncc1-c1ccc(N(C)C)cc1. The molecule has 4 heteroatoms. The number of hydrogen-bond donors (Lipinski definition) is 0. The predicted octanol–water partition coefficient (Wildman–Crippen LogP) is 2.75. The Hall–Kier alpha value is -2.75. The molecule has 106 valence electrons. The first kappa shape index (κ1) is 14.7. The monoisotopic (exact) mass is 280 g/mol. The predicted molar refractivity (Wildman–Crippen MR) is 83.5 cm³/mol. The van der Waals surface area contributed by atoms with Gasteiger partial charge in [0, 0.05) is 43.3 Å². The van der Waals surface area contributed by atoms with Crippen LogP contribution in [0.15, 0.2) is 55.4 Å². The lowest BCUT2D eigenvalue weighted by Crippen LogP contribution is -2.12. The van der Waals surface area contributed by atoms with Gasteiger partial charge in [0.1, 0.15) is 0 Å². The number of benzene rings is 1. The second kappa shape index (κ2) is 6.13. The van der Waals surface area contributed by atoms with Gasteiger partial charge in [-0.05, 0) is 29.8 Å². The number of carbonyl (C=O) groups is 2. The number of rotatable bonds is 5. The highest BCUT2D eigenvalue weighted by Crippen LogP contribution is 2.25. The quantitative estimate of drug-likeness (QED) is 0.480. The Balaban J connectivity index is 2.47. The van der Waals surface area contributed by atoms with Gasteiger partial charge in [-0.2, -0.15) is 0 Å². The molecule has 1 aromatic carbocycles. The Morgan fingerprint density at radius 1 is 1.14 bits per heavy atom. The molecule has 0 aliphatic rings. The highest BCUT2D eigenvalue weighted by Gasteiger charge is 2.17. The molecular formula is C17H16N2O2. The van der Waals surface area contributed by atoms with Crippen LogP contribution < -0.4 is 4.90 Å². The van der Waals surface area contributed by atoms with Crippen molar-refractivity contribution in [3.05, 3.63) is 60.9 Å². The van der Waals surface area contributed by atoms with Crippen molar-refractivity contribution in [2.24, 2.45) is 0 Å². The lowest BCUT2D eigenvalue weighted by atomic mass is 9.97. The Morgan fingerprint density at radius 2 is 1.81 bits per heavy atom. The van der Waals surface area contributed by atoms with Crippen molar-refractivity contribution in [1.82, 2.24) is 4.98 Å². The average Bonchev–Trinajstić information content (AvgIpc) is 2.53. The summed E-state index contributed by atoms with van der Waals surface area (Å²) in [5, 5.41) is 0.